The van der Waals surface area contributed by atoms with E-state index >= 15 is 0 Å². The lowest BCUT2D eigenvalue weighted by atomic mass is 10.1. The second kappa shape index (κ2) is 5.43. The van der Waals surface area contributed by atoms with Crippen LogP contribution in [0.4, 0.5) is 0 Å². The first-order valence-corrected chi connectivity index (χ1v) is 3.57. The molecule has 1 aromatic carbocycles. The highest BCUT2D eigenvalue weighted by Crippen LogP contribution is 2.10. The smallest absolute Gasteiger partial charge is 0.309 e. The number of halogens is 1. The van der Waals surface area contributed by atoms with E-state index in [9.17, 15) is 4.79 Å². The molecule has 13 heavy (non-hydrogen) atoms. The topological polar surface area (TPSA) is 46.5 Å². The number of carbonyl (C=O) groups is 1. The number of esters is 1. The van der Waals surface area contributed by atoms with Crippen molar-refractivity contribution < 1.29 is 14.6 Å². The molecular formula is C9H11ClO3. The minimum Gasteiger partial charge on any atom is -0.508 e. The van der Waals surface area contributed by atoms with Crippen molar-refractivity contribution in [2.75, 3.05) is 7.11 Å². The van der Waals surface area contributed by atoms with Crippen molar-refractivity contribution in [2.45, 2.75) is 6.42 Å². The van der Waals surface area contributed by atoms with Gasteiger partial charge in [-0.3, -0.25) is 4.79 Å². The summed E-state index contributed by atoms with van der Waals surface area (Å²) in [7, 11) is 1.35. The molecule has 0 unspecified atom stereocenters. The van der Waals surface area contributed by atoms with Gasteiger partial charge in [-0.2, -0.15) is 0 Å². The number of rotatable bonds is 2. The third kappa shape index (κ3) is 3.80. The van der Waals surface area contributed by atoms with Crippen LogP contribution in [-0.4, -0.2) is 18.2 Å². The Bertz CT molecular complexity index is 269. The molecule has 1 aromatic rings. The molecule has 0 spiro atoms. The molecule has 0 saturated heterocycles. The molecular weight excluding hydrogens is 192 g/mol. The highest BCUT2D eigenvalue weighted by molar-refractivity contribution is 5.85. The molecule has 4 heteroatoms. The van der Waals surface area contributed by atoms with Gasteiger partial charge in [0.25, 0.3) is 0 Å². The van der Waals surface area contributed by atoms with Crippen LogP contribution >= 0.6 is 12.4 Å². The monoisotopic (exact) mass is 202 g/mol. The van der Waals surface area contributed by atoms with Crippen molar-refractivity contribution in [1.82, 2.24) is 0 Å². The van der Waals surface area contributed by atoms with Crippen LogP contribution in [0, 0.1) is 0 Å². The molecule has 0 aliphatic heterocycles. The van der Waals surface area contributed by atoms with E-state index in [0.717, 1.165) is 5.56 Å². The van der Waals surface area contributed by atoms with E-state index in [2.05, 4.69) is 4.74 Å². The summed E-state index contributed by atoms with van der Waals surface area (Å²) in [5, 5.41) is 8.93. The first kappa shape index (κ1) is 11.8. The van der Waals surface area contributed by atoms with Crippen LogP contribution in [0.5, 0.6) is 5.75 Å². The van der Waals surface area contributed by atoms with Gasteiger partial charge in [-0.25, -0.2) is 0 Å². The molecule has 0 heterocycles. The predicted octanol–water partition coefficient (Wildman–Crippen LogP) is 1.53. The predicted molar refractivity (Wildman–Crippen MR) is 51.1 cm³/mol. The molecule has 0 aliphatic rings. The fourth-order valence-electron chi connectivity index (χ4n) is 0.853. The SMILES string of the molecule is COC(=O)Cc1ccc(O)cc1.Cl. The average molecular weight is 203 g/mol. The minimum absolute atomic E-state index is 0. The summed E-state index contributed by atoms with van der Waals surface area (Å²) in [4.78, 5) is 10.8. The number of benzene rings is 1. The van der Waals surface area contributed by atoms with Gasteiger partial charge in [0.15, 0.2) is 0 Å². The van der Waals surface area contributed by atoms with Crippen molar-refractivity contribution in [3.05, 3.63) is 29.8 Å². The molecule has 0 aliphatic carbocycles. The largest absolute Gasteiger partial charge is 0.508 e. The fourth-order valence-corrected chi connectivity index (χ4v) is 0.853. The van der Waals surface area contributed by atoms with Gasteiger partial charge in [0.1, 0.15) is 5.75 Å². The number of ether oxygens (including phenoxy) is 1. The van der Waals surface area contributed by atoms with Crippen molar-refractivity contribution in [3.8, 4) is 5.75 Å². The van der Waals surface area contributed by atoms with Crippen LogP contribution in [-0.2, 0) is 16.0 Å². The van der Waals surface area contributed by atoms with Crippen LogP contribution < -0.4 is 0 Å². The van der Waals surface area contributed by atoms with Gasteiger partial charge in [0, 0.05) is 0 Å². The van der Waals surface area contributed by atoms with Gasteiger partial charge >= 0.3 is 5.97 Å². The molecule has 1 N–H and O–H groups in total. The highest BCUT2D eigenvalue weighted by Gasteiger charge is 2.01. The van der Waals surface area contributed by atoms with Crippen molar-refractivity contribution in [2.24, 2.45) is 0 Å². The Hall–Kier alpha value is -1.22. The van der Waals surface area contributed by atoms with E-state index in [0.29, 0.717) is 0 Å². The molecule has 0 fully saturated rings. The first-order valence-electron chi connectivity index (χ1n) is 3.57. The van der Waals surface area contributed by atoms with Crippen molar-refractivity contribution in [3.63, 3.8) is 0 Å². The molecule has 0 atom stereocenters. The van der Waals surface area contributed by atoms with E-state index in [1.165, 1.54) is 19.2 Å². The zero-order valence-electron chi connectivity index (χ0n) is 7.19. The van der Waals surface area contributed by atoms with Crippen molar-refractivity contribution in [1.29, 1.82) is 0 Å². The van der Waals surface area contributed by atoms with Gasteiger partial charge in [-0.15, -0.1) is 12.4 Å². The molecule has 0 aromatic heterocycles. The van der Waals surface area contributed by atoms with Crippen LogP contribution in [0.2, 0.25) is 0 Å². The standard InChI is InChI=1S/C9H10O3.ClH/c1-12-9(11)6-7-2-4-8(10)5-3-7;/h2-5,10H,6H2,1H3;1H. The maximum absolute atomic E-state index is 10.8. The van der Waals surface area contributed by atoms with Gasteiger partial charge in [-0.1, -0.05) is 12.1 Å². The molecule has 0 bridgehead atoms. The van der Waals surface area contributed by atoms with E-state index in [-0.39, 0.29) is 30.5 Å². The Balaban J connectivity index is 0.00000144. The summed E-state index contributed by atoms with van der Waals surface area (Å²) < 4.78 is 4.48. The van der Waals surface area contributed by atoms with Crippen LogP contribution in [0.25, 0.3) is 0 Å². The lowest BCUT2D eigenvalue weighted by molar-refractivity contribution is -0.139. The number of hydrogen-bond acceptors (Lipinski definition) is 3. The second-order valence-corrected chi connectivity index (χ2v) is 2.42. The Kier molecular flexibility index (Phi) is 4.92. The van der Waals surface area contributed by atoms with Crippen LogP contribution in [0.15, 0.2) is 24.3 Å². The third-order valence-electron chi connectivity index (χ3n) is 1.51. The summed E-state index contributed by atoms with van der Waals surface area (Å²) in [6.07, 6.45) is 0.247. The first-order chi connectivity index (χ1) is 5.72. The summed E-state index contributed by atoms with van der Waals surface area (Å²) >= 11 is 0. The lowest BCUT2D eigenvalue weighted by Crippen LogP contribution is -2.03. The number of phenols is 1. The number of hydrogen-bond donors (Lipinski definition) is 1. The number of phenolic OH excluding ortho intramolecular Hbond substituents is 1. The average Bonchev–Trinajstić information content (AvgIpc) is 2.09. The maximum atomic E-state index is 10.8. The Morgan fingerprint density at radius 2 is 1.92 bits per heavy atom. The van der Waals surface area contributed by atoms with Gasteiger partial charge in [0.2, 0.25) is 0 Å². The summed E-state index contributed by atoms with van der Waals surface area (Å²) in [5.41, 5.74) is 0.833. The van der Waals surface area contributed by atoms with Crippen LogP contribution in [0.3, 0.4) is 0 Å². The zero-order chi connectivity index (χ0) is 8.97. The van der Waals surface area contributed by atoms with Gasteiger partial charge in [-0.05, 0) is 17.7 Å². The van der Waals surface area contributed by atoms with E-state index in [4.69, 9.17) is 5.11 Å². The second-order valence-electron chi connectivity index (χ2n) is 2.42. The third-order valence-corrected chi connectivity index (χ3v) is 1.51. The number of aromatic hydroxyl groups is 1. The number of carbonyl (C=O) groups excluding carboxylic acids is 1. The van der Waals surface area contributed by atoms with E-state index in [1.54, 1.807) is 12.1 Å². The highest BCUT2D eigenvalue weighted by atomic mass is 35.5. The van der Waals surface area contributed by atoms with Gasteiger partial charge in [0.05, 0.1) is 13.5 Å². The zero-order valence-corrected chi connectivity index (χ0v) is 8.00. The summed E-state index contributed by atoms with van der Waals surface area (Å²) in [5.74, 6) is -0.0793. The lowest BCUT2D eigenvalue weighted by Gasteiger charge is -1.99. The van der Waals surface area contributed by atoms with Crippen LogP contribution in [0.1, 0.15) is 5.56 Å². The number of methoxy groups -OCH3 is 1. The normalized spacial score (nSPS) is 8.69. The Morgan fingerprint density at radius 3 is 2.38 bits per heavy atom. The van der Waals surface area contributed by atoms with Gasteiger partial charge < -0.3 is 9.84 Å². The Morgan fingerprint density at radius 1 is 1.38 bits per heavy atom. The quantitative estimate of drug-likeness (QED) is 0.740. The summed E-state index contributed by atoms with van der Waals surface area (Å²) in [6, 6.07) is 6.45. The maximum Gasteiger partial charge on any atom is 0.309 e. The molecule has 0 radical (unpaired) electrons. The molecule has 3 nitrogen and oxygen atoms in total. The Labute approximate surface area is 82.7 Å². The summed E-state index contributed by atoms with van der Waals surface area (Å²) in [6.45, 7) is 0. The molecule has 1 rings (SSSR count). The molecule has 0 saturated carbocycles. The van der Waals surface area contributed by atoms with E-state index in [1.807, 2.05) is 0 Å². The minimum atomic E-state index is -0.277. The van der Waals surface area contributed by atoms with Crippen molar-refractivity contribution >= 4 is 18.4 Å². The van der Waals surface area contributed by atoms with E-state index < -0.39 is 0 Å². The molecule has 72 valence electrons. The molecule has 0 amide bonds. The fraction of sp³-hybridized carbons (Fsp3) is 0.222.